The zero-order valence-corrected chi connectivity index (χ0v) is 12.7. The van der Waals surface area contributed by atoms with Crippen LogP contribution in [0.1, 0.15) is 26.3 Å². The fourth-order valence-corrected chi connectivity index (χ4v) is 1.71. The fraction of sp³-hybridized carbons (Fsp3) is 0.429. The number of carbonyl (C=O) groups excluding carboxylic acids is 2. The van der Waals surface area contributed by atoms with Crippen LogP contribution in [-0.4, -0.2) is 28.6 Å². The van der Waals surface area contributed by atoms with E-state index in [4.69, 9.17) is 10.5 Å². The van der Waals surface area contributed by atoms with Gasteiger partial charge >= 0.3 is 6.09 Å². The summed E-state index contributed by atoms with van der Waals surface area (Å²) in [6.07, 6.45) is -0.738. The van der Waals surface area contributed by atoms with Crippen LogP contribution in [0, 0.1) is 10.1 Å². The highest BCUT2D eigenvalue weighted by molar-refractivity contribution is 5.84. The number of ether oxygens (including phenoxy) is 1. The lowest BCUT2D eigenvalue weighted by molar-refractivity contribution is -0.384. The summed E-state index contributed by atoms with van der Waals surface area (Å²) in [5, 5.41) is 13.1. The van der Waals surface area contributed by atoms with Crippen molar-refractivity contribution >= 4 is 17.7 Å². The number of benzene rings is 1. The minimum absolute atomic E-state index is 0.0380. The number of nitrogens with one attached hydrogen (secondary N) is 1. The Bertz CT molecular complexity index is 580. The highest BCUT2D eigenvalue weighted by atomic mass is 16.6. The molecule has 0 heterocycles. The summed E-state index contributed by atoms with van der Waals surface area (Å²) in [5.74, 6) is -0.752. The molecular formula is C14H19N3O5. The number of hydrogen-bond acceptors (Lipinski definition) is 5. The molecule has 2 amide bonds. The quantitative estimate of drug-likeness (QED) is 0.630. The standard InChI is InChI=1S/C14H19N3O5/c1-14(2,3)22-13(19)16-11(12(15)18)8-9-5-4-6-10(7-9)17(20)21/h4-7,11H,8H2,1-3H3,(H2,15,18)(H,16,19)/t11-/m0/s1. The van der Waals surface area contributed by atoms with Gasteiger partial charge in [-0.3, -0.25) is 14.9 Å². The molecule has 0 aromatic heterocycles. The van der Waals surface area contributed by atoms with Crippen molar-refractivity contribution in [3.63, 3.8) is 0 Å². The molecule has 22 heavy (non-hydrogen) atoms. The van der Waals surface area contributed by atoms with Crippen LogP contribution in [0.3, 0.4) is 0 Å². The van der Waals surface area contributed by atoms with Gasteiger partial charge < -0.3 is 15.8 Å². The normalized spacial score (nSPS) is 12.3. The molecule has 0 aliphatic heterocycles. The van der Waals surface area contributed by atoms with Crippen LogP contribution < -0.4 is 11.1 Å². The second-order valence-electron chi connectivity index (χ2n) is 5.73. The van der Waals surface area contributed by atoms with E-state index in [1.54, 1.807) is 26.8 Å². The zero-order chi connectivity index (χ0) is 16.9. The van der Waals surface area contributed by atoms with Crippen molar-refractivity contribution in [1.82, 2.24) is 5.32 Å². The van der Waals surface area contributed by atoms with Crippen LogP contribution in [-0.2, 0) is 16.0 Å². The molecule has 0 spiro atoms. The van der Waals surface area contributed by atoms with E-state index >= 15 is 0 Å². The summed E-state index contributed by atoms with van der Waals surface area (Å²) in [6.45, 7) is 5.06. The molecule has 3 N–H and O–H groups in total. The lowest BCUT2D eigenvalue weighted by atomic mass is 10.0. The number of nitro groups is 1. The van der Waals surface area contributed by atoms with Crippen LogP contribution >= 0.6 is 0 Å². The predicted molar refractivity (Wildman–Crippen MR) is 79.2 cm³/mol. The number of non-ortho nitro benzene ring substituents is 1. The lowest BCUT2D eigenvalue weighted by Crippen LogP contribution is -2.47. The molecule has 120 valence electrons. The number of nitrogens with two attached hydrogens (primary N) is 1. The van der Waals surface area contributed by atoms with Gasteiger partial charge in [-0.1, -0.05) is 12.1 Å². The maximum Gasteiger partial charge on any atom is 0.408 e. The van der Waals surface area contributed by atoms with Crippen molar-refractivity contribution in [2.24, 2.45) is 5.73 Å². The number of nitro benzene ring substituents is 1. The first-order valence-corrected chi connectivity index (χ1v) is 6.60. The van der Waals surface area contributed by atoms with Gasteiger partial charge in [0.25, 0.3) is 5.69 Å². The monoisotopic (exact) mass is 309 g/mol. The van der Waals surface area contributed by atoms with Gasteiger partial charge in [0.15, 0.2) is 0 Å². The SMILES string of the molecule is CC(C)(C)OC(=O)N[C@@H](Cc1cccc([N+](=O)[O-])c1)C(N)=O. The molecule has 0 bridgehead atoms. The molecule has 0 saturated carbocycles. The zero-order valence-electron chi connectivity index (χ0n) is 12.7. The van der Waals surface area contributed by atoms with Gasteiger partial charge in [-0.25, -0.2) is 4.79 Å². The van der Waals surface area contributed by atoms with Crippen LogP contribution in [0.4, 0.5) is 10.5 Å². The van der Waals surface area contributed by atoms with Crippen molar-refractivity contribution in [1.29, 1.82) is 0 Å². The summed E-state index contributed by atoms with van der Waals surface area (Å²) in [4.78, 5) is 33.3. The van der Waals surface area contributed by atoms with E-state index in [1.165, 1.54) is 18.2 Å². The van der Waals surface area contributed by atoms with E-state index in [1.807, 2.05) is 0 Å². The Morgan fingerprint density at radius 3 is 2.55 bits per heavy atom. The van der Waals surface area contributed by atoms with Crippen molar-refractivity contribution in [3.05, 3.63) is 39.9 Å². The van der Waals surface area contributed by atoms with E-state index in [9.17, 15) is 19.7 Å². The molecule has 1 aromatic rings. The third-order valence-corrected chi connectivity index (χ3v) is 2.60. The van der Waals surface area contributed by atoms with Crippen molar-refractivity contribution < 1.29 is 19.2 Å². The van der Waals surface area contributed by atoms with Crippen molar-refractivity contribution in [2.75, 3.05) is 0 Å². The summed E-state index contributed by atoms with van der Waals surface area (Å²) < 4.78 is 5.05. The van der Waals surface area contributed by atoms with Gasteiger partial charge in [0.2, 0.25) is 5.91 Å². The van der Waals surface area contributed by atoms with Gasteiger partial charge in [-0.05, 0) is 26.3 Å². The van der Waals surface area contributed by atoms with E-state index in [-0.39, 0.29) is 12.1 Å². The molecule has 0 unspecified atom stereocenters. The Morgan fingerprint density at radius 1 is 1.41 bits per heavy atom. The van der Waals surface area contributed by atoms with Crippen molar-refractivity contribution in [3.8, 4) is 0 Å². The highest BCUT2D eigenvalue weighted by Crippen LogP contribution is 2.15. The lowest BCUT2D eigenvalue weighted by Gasteiger charge is -2.22. The average Bonchev–Trinajstić information content (AvgIpc) is 2.35. The molecule has 0 radical (unpaired) electrons. The molecule has 8 nitrogen and oxygen atoms in total. The first-order chi connectivity index (χ1) is 10.1. The number of primary amides is 1. The average molecular weight is 309 g/mol. The topological polar surface area (TPSA) is 125 Å². The Labute approximate surface area is 127 Å². The molecule has 0 aliphatic rings. The number of carbonyl (C=O) groups is 2. The maximum atomic E-state index is 11.7. The Balaban J connectivity index is 2.81. The minimum atomic E-state index is -1.02. The van der Waals surface area contributed by atoms with E-state index in [0.717, 1.165) is 0 Å². The van der Waals surface area contributed by atoms with Gasteiger partial charge in [-0.2, -0.15) is 0 Å². The number of amides is 2. The van der Waals surface area contributed by atoms with Gasteiger partial charge in [0.05, 0.1) is 4.92 Å². The van der Waals surface area contributed by atoms with Crippen LogP contribution in [0.2, 0.25) is 0 Å². The summed E-state index contributed by atoms with van der Waals surface area (Å²) in [6, 6.07) is 4.76. The Hall–Kier alpha value is -2.64. The summed E-state index contributed by atoms with van der Waals surface area (Å²) in [7, 11) is 0. The minimum Gasteiger partial charge on any atom is -0.444 e. The number of nitrogens with zero attached hydrogens (tertiary/aromatic N) is 1. The van der Waals surface area contributed by atoms with Gasteiger partial charge in [0.1, 0.15) is 11.6 Å². The molecule has 8 heteroatoms. The second-order valence-corrected chi connectivity index (χ2v) is 5.73. The molecule has 0 saturated heterocycles. The first-order valence-electron chi connectivity index (χ1n) is 6.60. The van der Waals surface area contributed by atoms with Crippen molar-refractivity contribution in [2.45, 2.75) is 38.8 Å². The molecule has 1 aromatic carbocycles. The predicted octanol–water partition coefficient (Wildman–Crippen LogP) is 1.52. The molecule has 0 fully saturated rings. The highest BCUT2D eigenvalue weighted by Gasteiger charge is 2.23. The van der Waals surface area contributed by atoms with Crippen LogP contribution in [0.15, 0.2) is 24.3 Å². The van der Waals surface area contributed by atoms with Crippen LogP contribution in [0.25, 0.3) is 0 Å². The van der Waals surface area contributed by atoms with E-state index in [2.05, 4.69) is 5.32 Å². The second kappa shape index (κ2) is 6.88. The summed E-state index contributed by atoms with van der Waals surface area (Å²) >= 11 is 0. The molecule has 1 rings (SSSR count). The number of rotatable bonds is 5. The van der Waals surface area contributed by atoms with Crippen LogP contribution in [0.5, 0.6) is 0 Å². The largest absolute Gasteiger partial charge is 0.444 e. The van der Waals surface area contributed by atoms with E-state index in [0.29, 0.717) is 5.56 Å². The van der Waals surface area contributed by atoms with E-state index < -0.39 is 28.6 Å². The molecular weight excluding hydrogens is 290 g/mol. The molecule has 0 aliphatic carbocycles. The van der Waals surface area contributed by atoms with Gasteiger partial charge in [0, 0.05) is 18.6 Å². The number of hydrogen-bond donors (Lipinski definition) is 2. The smallest absolute Gasteiger partial charge is 0.408 e. The summed E-state index contributed by atoms with van der Waals surface area (Å²) in [5.41, 5.74) is 4.95. The molecule has 1 atom stereocenters. The Morgan fingerprint density at radius 2 is 2.05 bits per heavy atom. The fourth-order valence-electron chi connectivity index (χ4n) is 1.71. The third kappa shape index (κ3) is 5.78. The Kier molecular flexibility index (Phi) is 5.44. The maximum absolute atomic E-state index is 11.7. The number of alkyl carbamates (subject to hydrolysis) is 1. The first kappa shape index (κ1) is 17.4. The third-order valence-electron chi connectivity index (χ3n) is 2.60. The van der Waals surface area contributed by atoms with Gasteiger partial charge in [-0.15, -0.1) is 0 Å².